The molecule has 2 heteroatoms. The fourth-order valence-electron chi connectivity index (χ4n) is 2.48. The molecule has 1 heterocycles. The monoisotopic (exact) mass is 262 g/mol. The molecule has 0 fully saturated rings. The molecular weight excluding hydrogens is 236 g/mol. The van der Waals surface area contributed by atoms with E-state index < -0.39 is 6.10 Å². The zero-order chi connectivity index (χ0) is 14.4. The quantitative estimate of drug-likeness (QED) is 0.763. The summed E-state index contributed by atoms with van der Waals surface area (Å²) in [5.41, 5.74) is 3.52. The van der Waals surface area contributed by atoms with Crippen LogP contribution in [0, 0.1) is 0 Å². The van der Waals surface area contributed by atoms with Crippen LogP contribution in [0.25, 0.3) is 0 Å². The van der Waals surface area contributed by atoms with Gasteiger partial charge in [-0.2, -0.15) is 0 Å². The van der Waals surface area contributed by atoms with Crippen molar-refractivity contribution < 1.29 is 9.84 Å². The third kappa shape index (κ3) is 2.79. The summed E-state index contributed by atoms with van der Waals surface area (Å²) in [6.07, 6.45) is 0.289. The normalized spacial score (nSPS) is 19.8. The minimum absolute atomic E-state index is 0.0163. The first kappa shape index (κ1) is 14.4. The van der Waals surface area contributed by atoms with Crippen molar-refractivity contribution >= 4 is 0 Å². The highest BCUT2D eigenvalue weighted by Crippen LogP contribution is 2.43. The van der Waals surface area contributed by atoms with Gasteiger partial charge in [0.1, 0.15) is 5.75 Å². The number of aliphatic hydroxyl groups is 1. The van der Waals surface area contributed by atoms with Crippen LogP contribution in [0.4, 0.5) is 0 Å². The van der Waals surface area contributed by atoms with Crippen molar-refractivity contribution in [3.63, 3.8) is 0 Å². The summed E-state index contributed by atoms with van der Waals surface area (Å²) in [6.45, 7) is 13.8. The largest absolute Gasteiger partial charge is 0.493 e. The van der Waals surface area contributed by atoms with Gasteiger partial charge in [0.25, 0.3) is 0 Å². The van der Waals surface area contributed by atoms with Crippen LogP contribution in [-0.2, 0) is 10.8 Å². The molecule has 0 saturated heterocycles. The summed E-state index contributed by atoms with van der Waals surface area (Å²) in [6, 6.07) is 4.37. The van der Waals surface area contributed by atoms with Crippen molar-refractivity contribution in [2.45, 2.75) is 64.9 Å². The molecular formula is C17H26O2. The fourth-order valence-corrected chi connectivity index (χ4v) is 2.48. The Labute approximate surface area is 116 Å². The maximum absolute atomic E-state index is 10.3. The summed E-state index contributed by atoms with van der Waals surface area (Å²) >= 11 is 0. The Morgan fingerprint density at radius 2 is 1.68 bits per heavy atom. The number of ether oxygens (including phenoxy) is 1. The smallest absolute Gasteiger partial charge is 0.128 e. The standard InChI is InChI=1S/C17H26O2/c1-16(2,3)11-9-12-14(18)7-8-19-15(12)13(10-11)17(4,5)6/h9-10,14,18H,7-8H2,1-6H3/t14-/m0/s1. The summed E-state index contributed by atoms with van der Waals surface area (Å²) in [7, 11) is 0. The van der Waals surface area contributed by atoms with Crippen LogP contribution in [-0.4, -0.2) is 11.7 Å². The first-order valence-corrected chi connectivity index (χ1v) is 7.10. The maximum atomic E-state index is 10.3. The number of hydrogen-bond acceptors (Lipinski definition) is 2. The minimum atomic E-state index is -0.396. The second kappa shape index (κ2) is 4.52. The lowest BCUT2D eigenvalue weighted by Gasteiger charge is -2.32. The molecule has 1 aromatic carbocycles. The molecule has 0 radical (unpaired) electrons. The van der Waals surface area contributed by atoms with E-state index in [9.17, 15) is 5.11 Å². The molecule has 19 heavy (non-hydrogen) atoms. The van der Waals surface area contributed by atoms with E-state index in [1.165, 1.54) is 11.1 Å². The summed E-state index contributed by atoms with van der Waals surface area (Å²) in [5, 5.41) is 10.3. The summed E-state index contributed by atoms with van der Waals surface area (Å²) in [5.74, 6) is 0.902. The van der Waals surface area contributed by atoms with E-state index in [1.807, 2.05) is 0 Å². The molecule has 0 spiro atoms. The molecule has 0 bridgehead atoms. The van der Waals surface area contributed by atoms with E-state index >= 15 is 0 Å². The summed E-state index contributed by atoms with van der Waals surface area (Å²) < 4.78 is 5.86. The highest BCUT2D eigenvalue weighted by molar-refractivity contribution is 5.51. The van der Waals surface area contributed by atoms with Gasteiger partial charge in [-0.1, -0.05) is 47.6 Å². The average Bonchev–Trinajstić information content (AvgIpc) is 2.25. The molecule has 1 aromatic rings. The lowest BCUT2D eigenvalue weighted by Crippen LogP contribution is -2.23. The molecule has 1 atom stereocenters. The van der Waals surface area contributed by atoms with Gasteiger partial charge in [0, 0.05) is 17.5 Å². The lowest BCUT2D eigenvalue weighted by molar-refractivity contribution is 0.113. The van der Waals surface area contributed by atoms with Crippen LogP contribution in [0.1, 0.15) is 70.8 Å². The van der Waals surface area contributed by atoms with Crippen molar-refractivity contribution in [2.75, 3.05) is 6.61 Å². The molecule has 1 N–H and O–H groups in total. The predicted molar refractivity (Wildman–Crippen MR) is 78.9 cm³/mol. The topological polar surface area (TPSA) is 29.5 Å². The Bertz CT molecular complexity index is 475. The Balaban J connectivity index is 2.68. The molecule has 0 amide bonds. The van der Waals surface area contributed by atoms with Crippen LogP contribution in [0.3, 0.4) is 0 Å². The Kier molecular flexibility index (Phi) is 3.42. The average molecular weight is 262 g/mol. The zero-order valence-electron chi connectivity index (χ0n) is 13.0. The molecule has 0 unspecified atom stereocenters. The third-order valence-corrected chi connectivity index (χ3v) is 3.79. The summed E-state index contributed by atoms with van der Waals surface area (Å²) in [4.78, 5) is 0. The first-order chi connectivity index (χ1) is 8.60. The lowest BCUT2D eigenvalue weighted by atomic mass is 9.77. The van der Waals surface area contributed by atoms with Crippen LogP contribution < -0.4 is 4.74 Å². The van der Waals surface area contributed by atoms with Gasteiger partial charge in [0.05, 0.1) is 12.7 Å². The Hall–Kier alpha value is -1.02. The van der Waals surface area contributed by atoms with E-state index in [4.69, 9.17) is 4.74 Å². The van der Waals surface area contributed by atoms with Gasteiger partial charge in [0.2, 0.25) is 0 Å². The van der Waals surface area contributed by atoms with E-state index in [-0.39, 0.29) is 10.8 Å². The molecule has 0 aliphatic carbocycles. The molecule has 106 valence electrons. The maximum Gasteiger partial charge on any atom is 0.128 e. The molecule has 0 saturated carbocycles. The molecule has 2 rings (SSSR count). The molecule has 0 aromatic heterocycles. The predicted octanol–water partition coefficient (Wildman–Crippen LogP) is 4.10. The van der Waals surface area contributed by atoms with Gasteiger partial charge < -0.3 is 9.84 Å². The van der Waals surface area contributed by atoms with Gasteiger partial charge >= 0.3 is 0 Å². The van der Waals surface area contributed by atoms with Gasteiger partial charge in [-0.3, -0.25) is 0 Å². The van der Waals surface area contributed by atoms with Gasteiger partial charge in [-0.15, -0.1) is 0 Å². The molecule has 1 aliphatic rings. The minimum Gasteiger partial charge on any atom is -0.493 e. The van der Waals surface area contributed by atoms with Crippen LogP contribution >= 0.6 is 0 Å². The van der Waals surface area contributed by atoms with Crippen LogP contribution in [0.5, 0.6) is 5.75 Å². The number of benzene rings is 1. The second-order valence-corrected chi connectivity index (χ2v) is 7.60. The van der Waals surface area contributed by atoms with E-state index in [1.54, 1.807) is 0 Å². The number of hydrogen-bond donors (Lipinski definition) is 1. The number of aliphatic hydroxyl groups excluding tert-OH is 1. The molecule has 1 aliphatic heterocycles. The van der Waals surface area contributed by atoms with Crippen molar-refractivity contribution in [3.8, 4) is 5.75 Å². The Morgan fingerprint density at radius 3 is 2.21 bits per heavy atom. The van der Waals surface area contributed by atoms with Crippen molar-refractivity contribution in [1.82, 2.24) is 0 Å². The van der Waals surface area contributed by atoms with E-state index in [0.29, 0.717) is 13.0 Å². The van der Waals surface area contributed by atoms with Crippen molar-refractivity contribution in [2.24, 2.45) is 0 Å². The zero-order valence-corrected chi connectivity index (χ0v) is 13.0. The highest BCUT2D eigenvalue weighted by atomic mass is 16.5. The van der Waals surface area contributed by atoms with Crippen molar-refractivity contribution in [1.29, 1.82) is 0 Å². The SMILES string of the molecule is CC(C)(C)c1cc2c(c(C(C)(C)C)c1)OCC[C@@H]2O. The van der Waals surface area contributed by atoms with E-state index in [0.717, 1.165) is 11.3 Å². The van der Waals surface area contributed by atoms with Crippen LogP contribution in [0.2, 0.25) is 0 Å². The fraction of sp³-hybridized carbons (Fsp3) is 0.647. The third-order valence-electron chi connectivity index (χ3n) is 3.79. The second-order valence-electron chi connectivity index (χ2n) is 7.60. The van der Waals surface area contributed by atoms with Crippen molar-refractivity contribution in [3.05, 3.63) is 28.8 Å². The Morgan fingerprint density at radius 1 is 1.05 bits per heavy atom. The van der Waals surface area contributed by atoms with Gasteiger partial charge in [-0.25, -0.2) is 0 Å². The number of fused-ring (bicyclic) bond motifs is 1. The number of rotatable bonds is 0. The van der Waals surface area contributed by atoms with Gasteiger partial charge in [0.15, 0.2) is 0 Å². The van der Waals surface area contributed by atoms with Crippen LogP contribution in [0.15, 0.2) is 12.1 Å². The van der Waals surface area contributed by atoms with Gasteiger partial charge in [-0.05, 0) is 22.5 Å². The first-order valence-electron chi connectivity index (χ1n) is 7.10. The molecule has 2 nitrogen and oxygen atoms in total. The van der Waals surface area contributed by atoms with E-state index in [2.05, 4.69) is 53.7 Å². The highest BCUT2D eigenvalue weighted by Gasteiger charge is 2.30.